The topological polar surface area (TPSA) is 724 Å². The maximum Gasteiger partial charge on any atom is 0 e. The first-order valence-electron chi connectivity index (χ1n) is 3.65. The number of phosphoric acid groups is 5. The molecule has 6 radical (unpaired) electrons. The van der Waals surface area contributed by atoms with Gasteiger partial charge in [0.1, 0.15) is 0 Å². The van der Waals surface area contributed by atoms with E-state index in [-0.39, 0.29) is 166 Å². The fourth-order valence-corrected chi connectivity index (χ4v) is 0. The Morgan fingerprint density at radius 3 is 0.220 bits per heavy atom. The molecule has 0 saturated carbocycles. The van der Waals surface area contributed by atoms with Crippen molar-refractivity contribution in [2.45, 2.75) is 0 Å². The fourth-order valence-electron chi connectivity index (χ4n) is 0. The van der Waals surface area contributed by atoms with E-state index in [1.807, 2.05) is 0 Å². The van der Waals surface area contributed by atoms with Crippen LogP contribution in [-0.4, -0.2) is 27.4 Å². The molecule has 0 heterocycles. The van der Waals surface area contributed by atoms with E-state index in [1.54, 1.807) is 0 Å². The van der Waals surface area contributed by atoms with Gasteiger partial charge in [-0.3, -0.25) is 0 Å². The van der Waals surface area contributed by atoms with E-state index in [4.69, 9.17) is 96.2 Å². The molecule has 0 aromatic carbocycles. The van der Waals surface area contributed by atoms with Crippen LogP contribution in [0.2, 0.25) is 0 Å². The zero-order valence-electron chi connectivity index (χ0n) is 17.4. The van der Waals surface area contributed by atoms with Crippen LogP contribution in [0.25, 0.3) is 0 Å². The number of rotatable bonds is 0. The quantitative estimate of drug-likeness (QED) is 0.203. The van der Waals surface area contributed by atoms with E-state index in [1.165, 1.54) is 0 Å². The number of hydrogen-bond donors (Lipinski definition) is 0. The molecule has 0 unspecified atom stereocenters. The predicted molar refractivity (Wildman–Crippen MR) is 51.1 cm³/mol. The Bertz CT molecular complexity index is 392. The largest absolute Gasteiger partial charge is 2.00 e. The van der Waals surface area contributed by atoms with E-state index in [0.717, 1.165) is 0 Å². The molecule has 41 heavy (non-hydrogen) atoms. The molecule has 0 fully saturated rings. The van der Waals surface area contributed by atoms with Crippen molar-refractivity contribution >= 4 is 39.1 Å². The zero-order valence-corrected chi connectivity index (χ0v) is 30.2. The molecule has 0 saturated heterocycles. The van der Waals surface area contributed by atoms with Crippen LogP contribution in [0.5, 0.6) is 0 Å². The summed E-state index contributed by atoms with van der Waals surface area (Å²) in [5.74, 6) is 0. The first kappa shape index (κ1) is 152. The molecule has 5 N–H and O–H groups in total. The van der Waals surface area contributed by atoms with E-state index in [2.05, 4.69) is 0 Å². The van der Waals surface area contributed by atoms with Crippen LogP contribution in [0, 0.1) is 0 Å². The Labute approximate surface area is 299 Å². The summed E-state index contributed by atoms with van der Waals surface area (Å²) in [5, 5.41) is 0. The van der Waals surface area contributed by atoms with Crippen molar-refractivity contribution in [1.29, 1.82) is 0 Å². The van der Waals surface area contributed by atoms with Gasteiger partial charge in [-0.1, -0.05) is 0 Å². The van der Waals surface area contributed by atoms with E-state index < -0.39 is 39.1 Å². The average molecular weight is 946 g/mol. The third-order valence-electron chi connectivity index (χ3n) is 0. The Balaban J connectivity index is -0.00000000585. The first-order valence-corrected chi connectivity index (χ1v) is 11.0. The van der Waals surface area contributed by atoms with Gasteiger partial charge in [0, 0.05) is 111 Å². The molecule has 0 aliphatic rings. The summed E-state index contributed by atoms with van der Waals surface area (Å²) in [6.45, 7) is 0. The minimum Gasteiger partial charge on any atom is -2.00 e. The normalized spacial score (nSPS) is 7.20. The Morgan fingerprint density at radius 1 is 0.220 bits per heavy atom. The van der Waals surface area contributed by atoms with Crippen molar-refractivity contribution in [1.82, 2.24) is 0 Å². The molecule has 0 aromatic rings. The van der Waals surface area contributed by atoms with Gasteiger partial charge in [0.2, 0.25) is 0 Å². The van der Waals surface area contributed by atoms with Gasteiger partial charge in [0.15, 0.2) is 0 Å². The molecule has 41 heteroatoms. The summed E-state index contributed by atoms with van der Waals surface area (Å²) in [5.41, 5.74) is 0. The van der Waals surface area contributed by atoms with Gasteiger partial charge >= 0.3 is 0 Å². The first-order chi connectivity index (χ1) is 10.0. The molecule has 0 amide bonds. The van der Waals surface area contributed by atoms with Crippen LogP contribution in [0.4, 0.5) is 0 Å². The third kappa shape index (κ3) is 5670. The van der Waals surface area contributed by atoms with Crippen LogP contribution in [-0.2, 0) is 162 Å². The molecule has 0 spiro atoms. The van der Waals surface area contributed by atoms with Gasteiger partial charge < -0.3 is 151 Å². The van der Waals surface area contributed by atoms with Crippen molar-refractivity contribution < 1.29 is 262 Å². The summed E-state index contributed by atoms with van der Waals surface area (Å²) in [4.78, 5) is 128. The summed E-state index contributed by atoms with van der Waals surface area (Å²) < 4.78 is 42.7. The second kappa shape index (κ2) is 70.1. The monoisotopic (exact) mass is 945 g/mol. The number of hydrogen-bond acceptors (Lipinski definition) is 25. The molecule has 0 atom stereocenters. The predicted octanol–water partition coefficient (Wildman–Crippen LogP) is -15.6. The SMILES string of the molecule is O=P([O-])([O-])[O-].O=P([O-])([O-])[O-].O=P([O-])([O-])[O-].O=P([O-])([O-])[O-].O=P([O-])([O-])[O-].[O-2].[O-2].[O-2].[O-2].[O-2].[OH-].[OH-].[OH-].[OH-].[OH-].[V].[V].[V].[V].[V].[V]. The van der Waals surface area contributed by atoms with Gasteiger partial charge in [0.25, 0.3) is 0 Å². The smallest absolute Gasteiger partial charge is 0 e. The summed E-state index contributed by atoms with van der Waals surface area (Å²) in [6, 6.07) is 0. The van der Waals surface area contributed by atoms with Crippen LogP contribution in [0.1, 0.15) is 0 Å². The van der Waals surface area contributed by atoms with Gasteiger partial charge in [0.05, 0.1) is 0 Å². The average Bonchev–Trinajstić information content (AvgIpc) is 1.79. The summed E-state index contributed by atoms with van der Waals surface area (Å²) in [6.07, 6.45) is 0. The molecule has 0 aromatic heterocycles. The van der Waals surface area contributed by atoms with Gasteiger partial charge in [-0.2, -0.15) is 39.1 Å². The molecule has 0 aliphatic heterocycles. The van der Waals surface area contributed by atoms with E-state index in [9.17, 15) is 0 Å². The van der Waals surface area contributed by atoms with Crippen molar-refractivity contribution in [2.75, 3.05) is 0 Å². The molecule has 0 rings (SSSR count). The fraction of sp³-hybridized carbons (Fsp3) is 0. The molecule has 0 bridgehead atoms. The van der Waals surface area contributed by atoms with Crippen LogP contribution >= 0.6 is 39.1 Å². The van der Waals surface area contributed by atoms with Gasteiger partial charge in [-0.15, -0.1) is 0 Å². The maximum absolute atomic E-state index is 8.55. The van der Waals surface area contributed by atoms with Crippen molar-refractivity contribution in [3.63, 3.8) is 0 Å². The van der Waals surface area contributed by atoms with Crippen molar-refractivity contribution in [3.8, 4) is 0 Å². The van der Waals surface area contributed by atoms with Gasteiger partial charge in [-0.05, 0) is 0 Å². The van der Waals surface area contributed by atoms with Crippen molar-refractivity contribution in [2.24, 2.45) is 0 Å². The summed E-state index contributed by atoms with van der Waals surface area (Å²) >= 11 is 0. The molecular formula is H5O30P5V6-30. The van der Waals surface area contributed by atoms with Crippen LogP contribution in [0.15, 0.2) is 0 Å². The molecule has 0 aliphatic carbocycles. The van der Waals surface area contributed by atoms with Crippen LogP contribution in [0.3, 0.4) is 0 Å². The minimum absolute atomic E-state index is 0. The molecule has 30 nitrogen and oxygen atoms in total. The third-order valence-corrected chi connectivity index (χ3v) is 0. The second-order valence-corrected chi connectivity index (χ2v) is 6.71. The van der Waals surface area contributed by atoms with Crippen molar-refractivity contribution in [3.05, 3.63) is 0 Å². The van der Waals surface area contributed by atoms with Gasteiger partial charge in [-0.25, -0.2) is 0 Å². The minimum atomic E-state index is -5.39. The van der Waals surface area contributed by atoms with E-state index >= 15 is 0 Å². The van der Waals surface area contributed by atoms with E-state index in [0.29, 0.717) is 0 Å². The molecular weight excluding hydrogens is 941 g/mol. The second-order valence-electron chi connectivity index (χ2n) is 2.24. The van der Waals surface area contributed by atoms with Crippen LogP contribution < -0.4 is 73.4 Å². The zero-order chi connectivity index (χ0) is 22.5. The maximum atomic E-state index is 8.55. The standard InChI is InChI=1S/5H3O4P.5H2O.5O.6V/c5*1-5(2,3)4;;;;;;;;;;;;;;;;/h5*(H3,1,2,3,4);5*1H2;;;;;;;;;;;/q;;;;;;;;;;5*-2;;;;;;/p-20. The Kier molecular flexibility index (Phi) is 260. The Morgan fingerprint density at radius 2 is 0.220 bits per heavy atom. The molecule has 270 valence electrons. The summed E-state index contributed by atoms with van der Waals surface area (Å²) in [7, 11) is -26.9. The Hall–Kier alpha value is 3.66.